The maximum Gasteiger partial charge on any atom is 0.352 e. The van der Waals surface area contributed by atoms with Gasteiger partial charge >= 0.3 is 11.9 Å². The predicted molar refractivity (Wildman–Crippen MR) is 144 cm³/mol. The van der Waals surface area contributed by atoms with Crippen molar-refractivity contribution in [2.24, 2.45) is 11.3 Å². The number of carboxylic acid groups (broad SMARTS) is 1. The summed E-state index contributed by atoms with van der Waals surface area (Å²) in [7, 11) is 0. The zero-order chi connectivity index (χ0) is 27.5. The minimum atomic E-state index is -1.25. The molecule has 0 aliphatic carbocycles. The first kappa shape index (κ1) is 26.5. The van der Waals surface area contributed by atoms with Crippen LogP contribution in [0.5, 0.6) is 0 Å². The van der Waals surface area contributed by atoms with Crippen LogP contribution < -0.4 is 0 Å². The standard InChI is InChI=1S/C27H29N3O6S2/c1-13(2)15-6-8-16(9-7-15)26(35)36-11-27(4)19(17-10-29-12-28-22(37-5)24(29)38-17)20(25(33)34)30-21(27)18(14(3)31)23(30)32/h6-10,12-14,18,21,31H,11H2,1-5H3,(H,33,34)/t14-,18-,21-,27+/m1/s1. The van der Waals surface area contributed by atoms with Crippen LogP contribution in [0.25, 0.3) is 10.4 Å². The molecule has 5 rings (SSSR count). The molecule has 1 fully saturated rings. The summed E-state index contributed by atoms with van der Waals surface area (Å²) in [6.45, 7) is 7.29. The molecule has 11 heteroatoms. The van der Waals surface area contributed by atoms with Gasteiger partial charge in [-0.25, -0.2) is 14.6 Å². The molecule has 1 saturated heterocycles. The highest BCUT2D eigenvalue weighted by molar-refractivity contribution is 7.98. The summed E-state index contributed by atoms with van der Waals surface area (Å²) in [5.74, 6) is -2.73. The fourth-order valence-corrected chi connectivity index (χ4v) is 7.51. The Bertz CT molecular complexity index is 1470. The molecule has 9 nitrogen and oxygen atoms in total. The van der Waals surface area contributed by atoms with E-state index in [2.05, 4.69) is 18.8 Å². The molecule has 2 aliphatic heterocycles. The lowest BCUT2D eigenvalue weighted by Gasteiger charge is -2.50. The molecule has 2 aliphatic rings. The number of ether oxygens (including phenoxy) is 1. The monoisotopic (exact) mass is 555 g/mol. The van der Waals surface area contributed by atoms with Crippen LogP contribution in [0, 0.1) is 11.3 Å². The molecule has 2 aromatic heterocycles. The number of aromatic nitrogens is 2. The largest absolute Gasteiger partial charge is 0.477 e. The third-order valence-electron chi connectivity index (χ3n) is 7.50. The van der Waals surface area contributed by atoms with Crippen LogP contribution in [0.3, 0.4) is 0 Å². The summed E-state index contributed by atoms with van der Waals surface area (Å²) in [4.78, 5) is 45.8. The van der Waals surface area contributed by atoms with E-state index < -0.39 is 41.3 Å². The fourth-order valence-electron chi connectivity index (χ4n) is 5.55. The first-order chi connectivity index (χ1) is 18.0. The number of β-lactam (4-membered cyclic amide) rings is 1. The molecule has 2 N–H and O–H groups in total. The Hall–Kier alpha value is -3.15. The quantitative estimate of drug-likeness (QED) is 0.242. The number of aliphatic hydroxyl groups is 1. The minimum Gasteiger partial charge on any atom is -0.477 e. The molecule has 0 radical (unpaired) electrons. The molecule has 0 bridgehead atoms. The van der Waals surface area contributed by atoms with E-state index >= 15 is 0 Å². The number of carbonyl (C=O) groups excluding carboxylic acids is 2. The summed E-state index contributed by atoms with van der Waals surface area (Å²) in [5.41, 5.74) is 0.675. The smallest absolute Gasteiger partial charge is 0.352 e. The number of hydrogen-bond acceptors (Lipinski definition) is 8. The third kappa shape index (κ3) is 3.95. The number of hydrogen-bond donors (Lipinski definition) is 2. The van der Waals surface area contributed by atoms with E-state index in [9.17, 15) is 24.6 Å². The van der Waals surface area contributed by atoms with E-state index in [4.69, 9.17) is 4.74 Å². The van der Waals surface area contributed by atoms with Crippen molar-refractivity contribution in [1.82, 2.24) is 14.3 Å². The van der Waals surface area contributed by atoms with Gasteiger partial charge in [0.1, 0.15) is 28.5 Å². The highest BCUT2D eigenvalue weighted by atomic mass is 32.2. The van der Waals surface area contributed by atoms with Gasteiger partial charge in [0.15, 0.2) is 0 Å². The molecule has 1 aromatic carbocycles. The number of amides is 1. The second-order valence-electron chi connectivity index (χ2n) is 10.3. The average molecular weight is 556 g/mol. The lowest BCUT2D eigenvalue weighted by Crippen LogP contribution is -2.66. The molecule has 3 aromatic rings. The molecular formula is C27H29N3O6S2. The van der Waals surface area contributed by atoms with Gasteiger partial charge in [0.25, 0.3) is 0 Å². The maximum absolute atomic E-state index is 13.1. The number of nitrogens with zero attached hydrogens (tertiary/aromatic N) is 3. The third-order valence-corrected chi connectivity index (χ3v) is 9.44. The van der Waals surface area contributed by atoms with Crippen LogP contribution in [-0.4, -0.2) is 67.4 Å². The maximum atomic E-state index is 13.1. The zero-order valence-corrected chi connectivity index (χ0v) is 23.3. The van der Waals surface area contributed by atoms with Gasteiger partial charge in [0.05, 0.1) is 33.9 Å². The zero-order valence-electron chi connectivity index (χ0n) is 21.7. The highest BCUT2D eigenvalue weighted by Gasteiger charge is 2.67. The second-order valence-corrected chi connectivity index (χ2v) is 12.1. The van der Waals surface area contributed by atoms with Crippen molar-refractivity contribution in [3.8, 4) is 0 Å². The van der Waals surface area contributed by atoms with Gasteiger partial charge in [-0.3, -0.25) is 9.20 Å². The van der Waals surface area contributed by atoms with Crippen molar-refractivity contribution in [3.63, 3.8) is 0 Å². The average Bonchev–Trinajstić information content (AvgIpc) is 3.51. The molecule has 0 spiro atoms. The Balaban J connectivity index is 1.56. The second kappa shape index (κ2) is 9.55. The van der Waals surface area contributed by atoms with Gasteiger partial charge in [-0.2, -0.15) is 0 Å². The number of carboxylic acids is 1. The van der Waals surface area contributed by atoms with Gasteiger partial charge in [-0.15, -0.1) is 23.1 Å². The molecule has 0 saturated carbocycles. The lowest BCUT2D eigenvalue weighted by atomic mass is 9.67. The molecule has 200 valence electrons. The van der Waals surface area contributed by atoms with Gasteiger partial charge in [0.2, 0.25) is 5.91 Å². The Kier molecular flexibility index (Phi) is 6.65. The summed E-state index contributed by atoms with van der Waals surface area (Å²) in [6, 6.07) is 6.52. The number of carbonyl (C=O) groups is 3. The van der Waals surface area contributed by atoms with Crippen molar-refractivity contribution in [2.75, 3.05) is 12.9 Å². The van der Waals surface area contributed by atoms with E-state index in [-0.39, 0.29) is 12.3 Å². The lowest BCUT2D eigenvalue weighted by molar-refractivity contribution is -0.167. The van der Waals surface area contributed by atoms with Crippen molar-refractivity contribution in [3.05, 3.63) is 58.5 Å². The van der Waals surface area contributed by atoms with Gasteiger partial charge < -0.3 is 19.8 Å². The van der Waals surface area contributed by atoms with E-state index in [0.717, 1.165) is 15.4 Å². The van der Waals surface area contributed by atoms with E-state index in [1.807, 2.05) is 22.8 Å². The first-order valence-corrected chi connectivity index (χ1v) is 14.3. The number of thioether (sulfide) groups is 1. The first-order valence-electron chi connectivity index (χ1n) is 12.3. The fraction of sp³-hybridized carbons (Fsp3) is 0.407. The molecular weight excluding hydrogens is 526 g/mol. The number of rotatable bonds is 8. The van der Waals surface area contributed by atoms with Crippen LogP contribution in [0.15, 0.2) is 47.5 Å². The number of esters is 1. The summed E-state index contributed by atoms with van der Waals surface area (Å²) < 4.78 is 7.63. The van der Waals surface area contributed by atoms with Crippen molar-refractivity contribution < 1.29 is 29.3 Å². The molecule has 38 heavy (non-hydrogen) atoms. The molecule has 4 heterocycles. The van der Waals surface area contributed by atoms with Crippen LogP contribution in [0.4, 0.5) is 0 Å². The minimum absolute atomic E-state index is 0.139. The van der Waals surface area contributed by atoms with Crippen LogP contribution in [0.1, 0.15) is 54.4 Å². The number of fused-ring (bicyclic) bond motifs is 2. The number of aliphatic carboxylic acids is 1. The topological polar surface area (TPSA) is 121 Å². The van der Waals surface area contributed by atoms with Crippen LogP contribution in [-0.2, 0) is 14.3 Å². The summed E-state index contributed by atoms with van der Waals surface area (Å²) >= 11 is 2.85. The molecule has 1 amide bonds. The number of thiazole rings is 1. The van der Waals surface area contributed by atoms with Crippen molar-refractivity contribution in [1.29, 1.82) is 0 Å². The van der Waals surface area contributed by atoms with E-state index in [1.165, 1.54) is 34.9 Å². The number of imidazole rings is 1. The van der Waals surface area contributed by atoms with E-state index in [0.29, 0.717) is 21.9 Å². The van der Waals surface area contributed by atoms with Gasteiger partial charge in [-0.05, 0) is 36.8 Å². The Morgan fingerprint density at radius 3 is 2.50 bits per heavy atom. The summed E-state index contributed by atoms with van der Waals surface area (Å²) in [6.07, 6.45) is 4.37. The Morgan fingerprint density at radius 1 is 1.24 bits per heavy atom. The summed E-state index contributed by atoms with van der Waals surface area (Å²) in [5, 5.41) is 21.5. The van der Waals surface area contributed by atoms with Crippen molar-refractivity contribution in [2.45, 2.75) is 50.8 Å². The van der Waals surface area contributed by atoms with Crippen LogP contribution in [0.2, 0.25) is 0 Å². The van der Waals surface area contributed by atoms with Gasteiger partial charge in [-0.1, -0.05) is 32.9 Å². The normalized spacial score (nSPS) is 23.7. The Labute approximate surface area is 228 Å². The predicted octanol–water partition coefficient (Wildman–Crippen LogP) is 4.12. The SMILES string of the molecule is CSc1ncn2cc(C3=C(C(=O)O)N4C(=O)[C@H]([C@@H](C)O)[C@@H]4[C@@]3(C)COC(=O)c3ccc(C(C)C)cc3)sc12. The highest BCUT2D eigenvalue weighted by Crippen LogP contribution is 2.58. The molecule has 0 unspecified atom stereocenters. The van der Waals surface area contributed by atoms with E-state index in [1.54, 1.807) is 31.6 Å². The van der Waals surface area contributed by atoms with Crippen molar-refractivity contribution >= 4 is 51.3 Å². The Morgan fingerprint density at radius 2 is 1.92 bits per heavy atom. The molecule has 4 atom stereocenters. The number of benzene rings is 1. The number of aliphatic hydroxyl groups excluding tert-OH is 1. The van der Waals surface area contributed by atoms with Gasteiger partial charge in [0, 0.05) is 11.8 Å². The van der Waals surface area contributed by atoms with Crippen LogP contribution >= 0.6 is 23.1 Å².